The summed E-state index contributed by atoms with van der Waals surface area (Å²) >= 11 is 0. The lowest BCUT2D eigenvalue weighted by atomic mass is 9.91. The second-order valence-electron chi connectivity index (χ2n) is 4.99. The van der Waals surface area contributed by atoms with Crippen molar-refractivity contribution in [2.45, 2.75) is 44.6 Å². The molecule has 0 N–H and O–H groups in total. The van der Waals surface area contributed by atoms with Gasteiger partial charge in [-0.05, 0) is 38.2 Å². The summed E-state index contributed by atoms with van der Waals surface area (Å²) in [6.45, 7) is 2.05. The van der Waals surface area contributed by atoms with Gasteiger partial charge >= 0.3 is 0 Å². The number of carbonyl (C=O) groups excluding carboxylic acids is 1. The molecule has 0 aromatic heterocycles. The molecule has 2 rings (SSSR count). The zero-order valence-corrected chi connectivity index (χ0v) is 10.7. The highest BCUT2D eigenvalue weighted by atomic mass is 16.5. The molecular formula is C15H20O2. The van der Waals surface area contributed by atoms with Crippen LogP contribution < -0.4 is 0 Å². The number of rotatable bonds is 4. The molecule has 1 fully saturated rings. The fourth-order valence-electron chi connectivity index (χ4n) is 2.71. The molecule has 0 aliphatic heterocycles. The van der Waals surface area contributed by atoms with E-state index in [9.17, 15) is 4.79 Å². The summed E-state index contributed by atoms with van der Waals surface area (Å²) in [7, 11) is 1.67. The predicted octanol–water partition coefficient (Wildman–Crippen LogP) is 3.07. The summed E-state index contributed by atoms with van der Waals surface area (Å²) < 4.78 is 5.51. The van der Waals surface area contributed by atoms with Gasteiger partial charge in [-0.25, -0.2) is 0 Å². The van der Waals surface area contributed by atoms with Crippen LogP contribution in [0.4, 0.5) is 0 Å². The molecule has 2 heteroatoms. The van der Waals surface area contributed by atoms with E-state index >= 15 is 0 Å². The zero-order chi connectivity index (χ0) is 12.3. The molecule has 0 bridgehead atoms. The number of ether oxygens (including phenoxy) is 1. The summed E-state index contributed by atoms with van der Waals surface area (Å²) in [5.41, 5.74) is 1.80. The maximum Gasteiger partial charge on any atom is 0.168 e. The number of methoxy groups -OCH3 is 1. The molecule has 1 aromatic carbocycles. The van der Waals surface area contributed by atoms with E-state index in [0.29, 0.717) is 6.42 Å². The second kappa shape index (κ2) is 5.01. The molecule has 1 saturated carbocycles. The Kier molecular flexibility index (Phi) is 3.63. The summed E-state index contributed by atoms with van der Waals surface area (Å²) in [4.78, 5) is 12.4. The molecule has 1 aliphatic carbocycles. The highest BCUT2D eigenvalue weighted by molar-refractivity contribution is 5.89. The van der Waals surface area contributed by atoms with Crippen LogP contribution in [0.25, 0.3) is 0 Å². The van der Waals surface area contributed by atoms with Gasteiger partial charge in [0.1, 0.15) is 5.60 Å². The summed E-state index contributed by atoms with van der Waals surface area (Å²) in [5, 5.41) is 0. The first-order valence-corrected chi connectivity index (χ1v) is 6.30. The fourth-order valence-corrected chi connectivity index (χ4v) is 2.71. The van der Waals surface area contributed by atoms with Gasteiger partial charge in [0.15, 0.2) is 5.78 Å². The van der Waals surface area contributed by atoms with Crippen molar-refractivity contribution in [3.05, 3.63) is 35.4 Å². The molecule has 0 radical (unpaired) electrons. The topological polar surface area (TPSA) is 26.3 Å². The normalized spacial score (nSPS) is 18.2. The van der Waals surface area contributed by atoms with Gasteiger partial charge in [-0.3, -0.25) is 4.79 Å². The van der Waals surface area contributed by atoms with Crippen LogP contribution in [0.5, 0.6) is 0 Å². The van der Waals surface area contributed by atoms with Gasteiger partial charge in [-0.15, -0.1) is 0 Å². The minimum absolute atomic E-state index is 0.239. The highest BCUT2D eigenvalue weighted by Gasteiger charge is 2.40. The Hall–Kier alpha value is -1.15. The average Bonchev–Trinajstić information content (AvgIpc) is 2.78. The van der Waals surface area contributed by atoms with E-state index in [1.165, 1.54) is 5.56 Å². The van der Waals surface area contributed by atoms with Gasteiger partial charge in [-0.2, -0.15) is 0 Å². The quantitative estimate of drug-likeness (QED) is 0.797. The summed E-state index contributed by atoms with van der Waals surface area (Å²) in [6.07, 6.45) is 4.47. The zero-order valence-electron chi connectivity index (χ0n) is 10.7. The van der Waals surface area contributed by atoms with Crippen molar-refractivity contribution in [1.29, 1.82) is 0 Å². The van der Waals surface area contributed by atoms with Crippen LogP contribution >= 0.6 is 0 Å². The van der Waals surface area contributed by atoms with Crippen LogP contribution in [0.3, 0.4) is 0 Å². The number of carbonyl (C=O) groups is 1. The van der Waals surface area contributed by atoms with Gasteiger partial charge in [0, 0.05) is 13.5 Å². The maximum absolute atomic E-state index is 12.4. The molecule has 0 atom stereocenters. The molecule has 2 nitrogen and oxygen atoms in total. The SMILES string of the molecule is COC1(C(=O)Cc2cccc(C)c2)CCCC1. The van der Waals surface area contributed by atoms with Crippen LogP contribution in [0.15, 0.2) is 24.3 Å². The van der Waals surface area contributed by atoms with Crippen molar-refractivity contribution in [1.82, 2.24) is 0 Å². The monoisotopic (exact) mass is 232 g/mol. The summed E-state index contributed by atoms with van der Waals surface area (Å²) in [6, 6.07) is 8.15. The van der Waals surface area contributed by atoms with Gasteiger partial charge in [0.05, 0.1) is 0 Å². The molecule has 0 spiro atoms. The average molecular weight is 232 g/mol. The Morgan fingerprint density at radius 3 is 2.65 bits per heavy atom. The lowest BCUT2D eigenvalue weighted by molar-refractivity contribution is -0.139. The first-order valence-electron chi connectivity index (χ1n) is 6.30. The van der Waals surface area contributed by atoms with Crippen molar-refractivity contribution in [2.75, 3.05) is 7.11 Å². The third kappa shape index (κ3) is 2.58. The van der Waals surface area contributed by atoms with Crippen molar-refractivity contribution >= 4 is 5.78 Å². The summed E-state index contributed by atoms with van der Waals surface area (Å²) in [5.74, 6) is 0.239. The number of aryl methyl sites for hydroxylation is 1. The van der Waals surface area contributed by atoms with Crippen LogP contribution in [-0.4, -0.2) is 18.5 Å². The lowest BCUT2D eigenvalue weighted by Crippen LogP contribution is -2.38. The van der Waals surface area contributed by atoms with Crippen LogP contribution in [-0.2, 0) is 16.0 Å². The van der Waals surface area contributed by atoms with E-state index in [1.54, 1.807) is 7.11 Å². The Morgan fingerprint density at radius 2 is 2.06 bits per heavy atom. The number of hydrogen-bond donors (Lipinski definition) is 0. The molecular weight excluding hydrogens is 212 g/mol. The first-order chi connectivity index (χ1) is 8.16. The molecule has 0 amide bonds. The molecule has 0 saturated heterocycles. The highest BCUT2D eigenvalue weighted by Crippen LogP contribution is 2.34. The van der Waals surface area contributed by atoms with Gasteiger partial charge in [0.2, 0.25) is 0 Å². The van der Waals surface area contributed by atoms with Gasteiger partial charge in [-0.1, -0.05) is 29.8 Å². The maximum atomic E-state index is 12.4. The van der Waals surface area contributed by atoms with Gasteiger partial charge < -0.3 is 4.74 Å². The Morgan fingerprint density at radius 1 is 1.35 bits per heavy atom. The van der Waals surface area contributed by atoms with E-state index in [1.807, 2.05) is 12.1 Å². The lowest BCUT2D eigenvalue weighted by Gasteiger charge is -2.25. The molecule has 0 heterocycles. The van der Waals surface area contributed by atoms with E-state index in [4.69, 9.17) is 4.74 Å². The van der Waals surface area contributed by atoms with Crippen molar-refractivity contribution in [3.8, 4) is 0 Å². The van der Waals surface area contributed by atoms with Gasteiger partial charge in [0.25, 0.3) is 0 Å². The van der Waals surface area contributed by atoms with Crippen LogP contribution in [0.1, 0.15) is 36.8 Å². The van der Waals surface area contributed by atoms with Crippen LogP contribution in [0, 0.1) is 6.92 Å². The largest absolute Gasteiger partial charge is 0.370 e. The molecule has 0 unspecified atom stereocenters. The van der Waals surface area contributed by atoms with E-state index in [2.05, 4.69) is 19.1 Å². The van der Waals surface area contributed by atoms with E-state index in [0.717, 1.165) is 31.2 Å². The fraction of sp³-hybridized carbons (Fsp3) is 0.533. The van der Waals surface area contributed by atoms with E-state index in [-0.39, 0.29) is 5.78 Å². The van der Waals surface area contributed by atoms with Crippen molar-refractivity contribution in [3.63, 3.8) is 0 Å². The third-order valence-electron chi connectivity index (χ3n) is 3.76. The molecule has 92 valence electrons. The minimum atomic E-state index is -0.496. The predicted molar refractivity (Wildman–Crippen MR) is 68.1 cm³/mol. The first kappa shape index (κ1) is 12.3. The minimum Gasteiger partial charge on any atom is -0.370 e. The Labute approximate surface area is 103 Å². The standard InChI is InChI=1S/C15H20O2/c1-12-6-5-7-13(10-12)11-14(16)15(17-2)8-3-4-9-15/h5-7,10H,3-4,8-9,11H2,1-2H3. The molecule has 1 aromatic rings. The third-order valence-corrected chi connectivity index (χ3v) is 3.76. The molecule has 1 aliphatic rings. The second-order valence-corrected chi connectivity index (χ2v) is 4.99. The van der Waals surface area contributed by atoms with Crippen LogP contribution in [0.2, 0.25) is 0 Å². The number of Topliss-reactive ketones (excluding diaryl/α,β-unsaturated/α-hetero) is 1. The number of ketones is 1. The molecule has 17 heavy (non-hydrogen) atoms. The number of hydrogen-bond acceptors (Lipinski definition) is 2. The smallest absolute Gasteiger partial charge is 0.168 e. The van der Waals surface area contributed by atoms with Crippen molar-refractivity contribution < 1.29 is 9.53 Å². The van der Waals surface area contributed by atoms with E-state index < -0.39 is 5.60 Å². The Bertz CT molecular complexity index is 403. The van der Waals surface area contributed by atoms with Crippen molar-refractivity contribution in [2.24, 2.45) is 0 Å². The Balaban J connectivity index is 2.10. The number of benzene rings is 1.